The van der Waals surface area contributed by atoms with Crippen molar-refractivity contribution in [2.75, 3.05) is 0 Å². The summed E-state index contributed by atoms with van der Waals surface area (Å²) in [7, 11) is 1.95. The first kappa shape index (κ1) is 13.1. The molecule has 3 aliphatic carbocycles. The van der Waals surface area contributed by atoms with Crippen LogP contribution in [0, 0.1) is 29.6 Å². The molecule has 0 aromatic carbocycles. The standard InChI is InChI=1S/C16H21BrN2O/c1-3-10-16(17)11(19(2)18-10)7-12(20)15-13-8-4-5-9(6-8)14(13)15/h8-9,13-15H,3-7H2,1-2H3. The summed E-state index contributed by atoms with van der Waals surface area (Å²) in [6.07, 6.45) is 5.63. The van der Waals surface area contributed by atoms with E-state index in [0.717, 1.165) is 46.0 Å². The normalized spacial score (nSPS) is 37.2. The van der Waals surface area contributed by atoms with Crippen molar-refractivity contribution in [1.29, 1.82) is 0 Å². The molecule has 1 aromatic rings. The number of aryl methyl sites for hydroxylation is 2. The number of hydrogen-bond acceptors (Lipinski definition) is 2. The van der Waals surface area contributed by atoms with Gasteiger partial charge in [0.2, 0.25) is 0 Å². The number of carbonyl (C=O) groups is 1. The molecule has 4 heteroatoms. The lowest BCUT2D eigenvalue weighted by Gasteiger charge is -2.08. The second-order valence-electron chi connectivity index (χ2n) is 6.84. The van der Waals surface area contributed by atoms with E-state index >= 15 is 0 Å². The Balaban J connectivity index is 1.51. The molecule has 0 spiro atoms. The highest BCUT2D eigenvalue weighted by Crippen LogP contribution is 2.69. The fourth-order valence-electron chi connectivity index (χ4n) is 5.05. The summed E-state index contributed by atoms with van der Waals surface area (Å²) in [6.45, 7) is 2.10. The lowest BCUT2D eigenvalue weighted by Crippen LogP contribution is -2.14. The number of hydrogen-bond donors (Lipinski definition) is 0. The van der Waals surface area contributed by atoms with E-state index in [9.17, 15) is 4.79 Å². The van der Waals surface area contributed by atoms with E-state index in [-0.39, 0.29) is 0 Å². The molecule has 0 radical (unpaired) electrons. The van der Waals surface area contributed by atoms with Gasteiger partial charge in [-0.3, -0.25) is 9.48 Å². The first-order valence-electron chi connectivity index (χ1n) is 7.84. The number of fused-ring (bicyclic) bond motifs is 5. The number of Topliss-reactive ketones (excluding diaryl/α,β-unsaturated/α-hetero) is 1. The van der Waals surface area contributed by atoms with Crippen LogP contribution in [0.15, 0.2) is 4.47 Å². The summed E-state index contributed by atoms with van der Waals surface area (Å²) >= 11 is 3.62. The predicted octanol–water partition coefficient (Wildman–Crippen LogP) is 3.15. The zero-order valence-electron chi connectivity index (χ0n) is 12.1. The summed E-state index contributed by atoms with van der Waals surface area (Å²) < 4.78 is 2.93. The van der Waals surface area contributed by atoms with Crippen molar-refractivity contribution in [3.63, 3.8) is 0 Å². The van der Waals surface area contributed by atoms with Crippen molar-refractivity contribution < 1.29 is 4.79 Å². The fraction of sp³-hybridized carbons (Fsp3) is 0.750. The average Bonchev–Trinajstić information content (AvgIpc) is 2.72. The molecule has 20 heavy (non-hydrogen) atoms. The van der Waals surface area contributed by atoms with Crippen molar-refractivity contribution in [3.05, 3.63) is 15.9 Å². The smallest absolute Gasteiger partial charge is 0.142 e. The summed E-state index contributed by atoms with van der Waals surface area (Å²) in [6, 6.07) is 0. The molecule has 1 aromatic heterocycles. The minimum absolute atomic E-state index is 0.383. The van der Waals surface area contributed by atoms with Crippen LogP contribution < -0.4 is 0 Å². The van der Waals surface area contributed by atoms with Crippen LogP contribution in [0.1, 0.15) is 37.6 Å². The topological polar surface area (TPSA) is 34.9 Å². The minimum Gasteiger partial charge on any atom is -0.299 e. The van der Waals surface area contributed by atoms with E-state index in [1.807, 2.05) is 11.7 Å². The maximum atomic E-state index is 12.6. The van der Waals surface area contributed by atoms with Crippen LogP contribution in [0.2, 0.25) is 0 Å². The highest BCUT2D eigenvalue weighted by Gasteiger charge is 2.66. The van der Waals surface area contributed by atoms with Gasteiger partial charge in [-0.25, -0.2) is 0 Å². The van der Waals surface area contributed by atoms with Crippen LogP contribution in [-0.4, -0.2) is 15.6 Å². The third kappa shape index (κ3) is 1.69. The maximum absolute atomic E-state index is 12.6. The Hall–Kier alpha value is -0.640. The Labute approximate surface area is 128 Å². The molecule has 108 valence electrons. The fourth-order valence-corrected chi connectivity index (χ4v) is 5.81. The zero-order valence-corrected chi connectivity index (χ0v) is 13.7. The van der Waals surface area contributed by atoms with Crippen LogP contribution in [0.25, 0.3) is 0 Å². The van der Waals surface area contributed by atoms with Crippen molar-refractivity contribution in [2.24, 2.45) is 36.6 Å². The van der Waals surface area contributed by atoms with Crippen LogP contribution in [0.5, 0.6) is 0 Å². The molecule has 2 bridgehead atoms. The monoisotopic (exact) mass is 336 g/mol. The summed E-state index contributed by atoms with van der Waals surface area (Å²) in [5, 5.41) is 4.49. The van der Waals surface area contributed by atoms with Crippen molar-refractivity contribution in [2.45, 2.75) is 39.0 Å². The third-order valence-electron chi connectivity index (χ3n) is 5.95. The van der Waals surface area contributed by atoms with E-state index in [1.165, 1.54) is 19.3 Å². The van der Waals surface area contributed by atoms with Crippen LogP contribution in [0.4, 0.5) is 0 Å². The third-order valence-corrected chi connectivity index (χ3v) is 6.87. The van der Waals surface area contributed by atoms with E-state index < -0.39 is 0 Å². The Bertz CT molecular complexity index is 563. The van der Waals surface area contributed by atoms with Gasteiger partial charge in [0.15, 0.2) is 0 Å². The van der Waals surface area contributed by atoms with Gasteiger partial charge in [-0.15, -0.1) is 0 Å². The molecular weight excluding hydrogens is 316 g/mol. The maximum Gasteiger partial charge on any atom is 0.142 e. The molecular formula is C16H21BrN2O. The predicted molar refractivity (Wildman–Crippen MR) is 80.3 cm³/mol. The van der Waals surface area contributed by atoms with Crippen LogP contribution in [-0.2, 0) is 24.7 Å². The molecule has 3 nitrogen and oxygen atoms in total. The van der Waals surface area contributed by atoms with Gasteiger partial charge in [0.25, 0.3) is 0 Å². The molecule has 3 fully saturated rings. The van der Waals surface area contributed by atoms with Gasteiger partial charge in [-0.2, -0.15) is 5.10 Å². The van der Waals surface area contributed by atoms with E-state index in [2.05, 4.69) is 28.0 Å². The largest absolute Gasteiger partial charge is 0.299 e. The molecule has 4 unspecified atom stereocenters. The molecule has 3 saturated carbocycles. The molecule has 0 N–H and O–H groups in total. The van der Waals surface area contributed by atoms with E-state index in [4.69, 9.17) is 0 Å². The van der Waals surface area contributed by atoms with Crippen molar-refractivity contribution >= 4 is 21.7 Å². The van der Waals surface area contributed by atoms with Gasteiger partial charge in [0.1, 0.15) is 5.78 Å². The van der Waals surface area contributed by atoms with Crippen LogP contribution in [0.3, 0.4) is 0 Å². The van der Waals surface area contributed by atoms with Gasteiger partial charge in [-0.05, 0) is 65.3 Å². The lowest BCUT2D eigenvalue weighted by atomic mass is 9.98. The lowest BCUT2D eigenvalue weighted by molar-refractivity contribution is -0.120. The van der Waals surface area contributed by atoms with Crippen LogP contribution >= 0.6 is 15.9 Å². The van der Waals surface area contributed by atoms with Gasteiger partial charge >= 0.3 is 0 Å². The molecule has 4 atom stereocenters. The first-order valence-corrected chi connectivity index (χ1v) is 8.64. The second-order valence-corrected chi connectivity index (χ2v) is 7.63. The number of carbonyl (C=O) groups excluding carboxylic acids is 1. The second kappa shape index (κ2) is 4.43. The Kier molecular flexibility index (Phi) is 2.89. The van der Waals surface area contributed by atoms with Gasteiger partial charge in [0.05, 0.1) is 15.9 Å². The Morgan fingerprint density at radius 3 is 2.55 bits per heavy atom. The molecule has 4 rings (SSSR count). The zero-order chi connectivity index (χ0) is 14.0. The Morgan fingerprint density at radius 1 is 1.35 bits per heavy atom. The minimum atomic E-state index is 0.383. The molecule has 1 heterocycles. The molecule has 3 aliphatic rings. The number of ketones is 1. The number of nitrogens with zero attached hydrogens (tertiary/aromatic N) is 2. The molecule has 0 aliphatic heterocycles. The first-order chi connectivity index (χ1) is 9.61. The molecule has 0 amide bonds. The van der Waals surface area contributed by atoms with E-state index in [0.29, 0.717) is 18.1 Å². The number of halogens is 1. The molecule has 0 saturated heterocycles. The van der Waals surface area contributed by atoms with Gasteiger partial charge in [-0.1, -0.05) is 6.92 Å². The number of aromatic nitrogens is 2. The highest BCUT2D eigenvalue weighted by molar-refractivity contribution is 9.10. The summed E-state index contributed by atoms with van der Waals surface area (Å²) in [4.78, 5) is 12.6. The quantitative estimate of drug-likeness (QED) is 0.846. The summed E-state index contributed by atoms with van der Waals surface area (Å²) in [5.74, 6) is 4.09. The SMILES string of the molecule is CCc1nn(C)c(CC(=O)C2C3C4CCC(C4)C23)c1Br. The average molecular weight is 337 g/mol. The summed E-state index contributed by atoms with van der Waals surface area (Å²) in [5.41, 5.74) is 2.12. The van der Waals surface area contributed by atoms with Gasteiger partial charge < -0.3 is 0 Å². The Morgan fingerprint density at radius 2 is 2.00 bits per heavy atom. The number of rotatable bonds is 4. The highest BCUT2D eigenvalue weighted by atomic mass is 79.9. The van der Waals surface area contributed by atoms with Crippen molar-refractivity contribution in [1.82, 2.24) is 9.78 Å². The van der Waals surface area contributed by atoms with E-state index in [1.54, 1.807) is 0 Å². The van der Waals surface area contributed by atoms with Gasteiger partial charge in [0, 0.05) is 19.4 Å². The van der Waals surface area contributed by atoms with Crippen molar-refractivity contribution in [3.8, 4) is 0 Å².